The molecule has 138 valence electrons. The Morgan fingerprint density at radius 3 is 2.67 bits per heavy atom. The second kappa shape index (κ2) is 8.40. The van der Waals surface area contributed by atoms with Crippen molar-refractivity contribution in [3.8, 4) is 0 Å². The summed E-state index contributed by atoms with van der Waals surface area (Å²) in [5.74, 6) is 1.26. The summed E-state index contributed by atoms with van der Waals surface area (Å²) in [6.07, 6.45) is 3.42. The van der Waals surface area contributed by atoms with E-state index in [-0.39, 0.29) is 5.91 Å². The molecule has 1 aromatic carbocycles. The zero-order chi connectivity index (χ0) is 19.2. The Kier molecular flexibility index (Phi) is 5.76. The number of rotatable bonds is 6. The van der Waals surface area contributed by atoms with Crippen LogP contribution in [0, 0.1) is 6.92 Å². The molecule has 0 radical (unpaired) electrons. The van der Waals surface area contributed by atoms with E-state index in [1.165, 1.54) is 5.56 Å². The van der Waals surface area contributed by atoms with Crippen molar-refractivity contribution in [1.82, 2.24) is 20.3 Å². The number of nitrogens with zero attached hydrogens (tertiary/aromatic N) is 3. The van der Waals surface area contributed by atoms with Crippen molar-refractivity contribution >= 4 is 17.4 Å². The average molecular weight is 361 g/mol. The fourth-order valence-electron chi connectivity index (χ4n) is 2.78. The Labute approximate surface area is 159 Å². The summed E-state index contributed by atoms with van der Waals surface area (Å²) in [6, 6.07) is 13.5. The van der Waals surface area contributed by atoms with E-state index in [0.717, 1.165) is 11.3 Å². The van der Waals surface area contributed by atoms with Crippen molar-refractivity contribution in [1.29, 1.82) is 0 Å². The summed E-state index contributed by atoms with van der Waals surface area (Å²) < 4.78 is 0. The number of aryl methyl sites for hydroxylation is 1. The van der Waals surface area contributed by atoms with Crippen molar-refractivity contribution in [2.45, 2.75) is 33.2 Å². The van der Waals surface area contributed by atoms with Gasteiger partial charge in [-0.2, -0.15) is 0 Å². The fraction of sp³-hybridized carbons (Fsp3) is 0.238. The number of anilines is 2. The maximum absolute atomic E-state index is 12.5. The number of carbonyl (C=O) groups is 1. The third kappa shape index (κ3) is 4.88. The summed E-state index contributed by atoms with van der Waals surface area (Å²) in [7, 11) is 0. The Balaban J connectivity index is 1.77. The maximum atomic E-state index is 12.5. The van der Waals surface area contributed by atoms with Crippen molar-refractivity contribution in [3.05, 3.63) is 77.5 Å². The number of hydrogen-bond donors (Lipinski definition) is 2. The van der Waals surface area contributed by atoms with Gasteiger partial charge >= 0.3 is 0 Å². The van der Waals surface area contributed by atoms with Crippen LogP contribution in [-0.4, -0.2) is 20.9 Å². The van der Waals surface area contributed by atoms with Crippen LogP contribution in [0.25, 0.3) is 0 Å². The molecule has 6 heteroatoms. The van der Waals surface area contributed by atoms with Gasteiger partial charge in [0.15, 0.2) is 0 Å². The lowest BCUT2D eigenvalue weighted by Gasteiger charge is -2.15. The molecule has 6 nitrogen and oxygen atoms in total. The van der Waals surface area contributed by atoms with Crippen molar-refractivity contribution in [2.75, 3.05) is 5.32 Å². The number of carbonyl (C=O) groups excluding carboxylic acids is 1. The SMILES string of the molecule is Cc1nc(Nc2ccccc2C(C)C)cc(C(=O)NCc2cccnc2)n1. The molecule has 3 aromatic rings. The van der Waals surface area contributed by atoms with Crippen molar-refractivity contribution in [3.63, 3.8) is 0 Å². The van der Waals surface area contributed by atoms with E-state index < -0.39 is 0 Å². The van der Waals surface area contributed by atoms with E-state index in [2.05, 4.69) is 45.5 Å². The second-order valence-corrected chi connectivity index (χ2v) is 6.60. The molecule has 2 N–H and O–H groups in total. The lowest BCUT2D eigenvalue weighted by atomic mass is 10.0. The van der Waals surface area contributed by atoms with Gasteiger partial charge in [0.05, 0.1) is 0 Å². The zero-order valence-corrected chi connectivity index (χ0v) is 15.7. The van der Waals surface area contributed by atoms with E-state index >= 15 is 0 Å². The minimum Gasteiger partial charge on any atom is -0.347 e. The highest BCUT2D eigenvalue weighted by molar-refractivity contribution is 5.93. The van der Waals surface area contributed by atoms with E-state index in [4.69, 9.17) is 0 Å². The third-order valence-corrected chi connectivity index (χ3v) is 4.09. The number of aromatic nitrogens is 3. The maximum Gasteiger partial charge on any atom is 0.270 e. The quantitative estimate of drug-likeness (QED) is 0.694. The minimum absolute atomic E-state index is 0.246. The van der Waals surface area contributed by atoms with E-state index in [1.54, 1.807) is 25.4 Å². The van der Waals surface area contributed by atoms with Crippen molar-refractivity contribution in [2.24, 2.45) is 0 Å². The molecule has 3 rings (SSSR count). The smallest absolute Gasteiger partial charge is 0.270 e. The molecule has 2 heterocycles. The molecule has 0 saturated carbocycles. The molecule has 0 unspecified atom stereocenters. The van der Waals surface area contributed by atoms with Crippen LogP contribution in [0.1, 0.15) is 47.2 Å². The Morgan fingerprint density at radius 1 is 1.11 bits per heavy atom. The number of nitrogens with one attached hydrogen (secondary N) is 2. The Hall–Kier alpha value is -3.28. The molecule has 0 saturated heterocycles. The average Bonchev–Trinajstić information content (AvgIpc) is 2.66. The van der Waals surface area contributed by atoms with Crippen molar-refractivity contribution < 1.29 is 4.79 Å². The summed E-state index contributed by atoms with van der Waals surface area (Å²) >= 11 is 0. The normalized spacial score (nSPS) is 10.7. The molecule has 2 aromatic heterocycles. The van der Waals surface area contributed by atoms with E-state index in [1.807, 2.05) is 30.3 Å². The molecule has 27 heavy (non-hydrogen) atoms. The standard InChI is InChI=1S/C21H23N5O/c1-14(2)17-8-4-5-9-18(17)26-20-11-19(24-15(3)25-20)21(27)23-13-16-7-6-10-22-12-16/h4-12,14H,13H2,1-3H3,(H,23,27)(H,24,25,26). The van der Waals surface area contributed by atoms with Gasteiger partial charge in [-0.05, 0) is 36.1 Å². The first-order valence-corrected chi connectivity index (χ1v) is 8.91. The topological polar surface area (TPSA) is 79.8 Å². The first-order chi connectivity index (χ1) is 13.0. The van der Waals surface area contributed by atoms with Gasteiger partial charge in [0.25, 0.3) is 5.91 Å². The summed E-state index contributed by atoms with van der Waals surface area (Å²) in [5.41, 5.74) is 3.43. The van der Waals surface area contributed by atoms with Gasteiger partial charge in [-0.25, -0.2) is 9.97 Å². The summed E-state index contributed by atoms with van der Waals surface area (Å²) in [6.45, 7) is 6.46. The lowest BCUT2D eigenvalue weighted by Crippen LogP contribution is -2.24. The molecule has 0 aliphatic rings. The molecule has 0 aliphatic heterocycles. The first-order valence-electron chi connectivity index (χ1n) is 8.91. The molecule has 0 fully saturated rings. The van der Waals surface area contributed by atoms with E-state index in [0.29, 0.717) is 29.8 Å². The van der Waals surface area contributed by atoms with Gasteiger partial charge in [-0.3, -0.25) is 9.78 Å². The van der Waals surface area contributed by atoms with Crippen LogP contribution in [0.4, 0.5) is 11.5 Å². The Bertz CT molecular complexity index is 925. The van der Waals surface area contributed by atoms with Crippen LogP contribution < -0.4 is 10.6 Å². The number of amides is 1. The van der Waals surface area contributed by atoms with Gasteiger partial charge < -0.3 is 10.6 Å². The molecule has 1 amide bonds. The number of pyridine rings is 1. The largest absolute Gasteiger partial charge is 0.347 e. The van der Waals surface area contributed by atoms with Crippen LogP contribution in [0.3, 0.4) is 0 Å². The molecule has 0 bridgehead atoms. The number of para-hydroxylation sites is 1. The summed E-state index contributed by atoms with van der Waals surface area (Å²) in [5, 5.41) is 6.19. The molecular weight excluding hydrogens is 338 g/mol. The highest BCUT2D eigenvalue weighted by Gasteiger charge is 2.12. The highest BCUT2D eigenvalue weighted by Crippen LogP contribution is 2.26. The first kappa shape index (κ1) is 18.5. The lowest BCUT2D eigenvalue weighted by molar-refractivity contribution is 0.0945. The minimum atomic E-state index is -0.246. The molecule has 0 atom stereocenters. The van der Waals surface area contributed by atoms with Gasteiger partial charge in [-0.1, -0.05) is 38.1 Å². The molecule has 0 spiro atoms. The monoisotopic (exact) mass is 361 g/mol. The molecule has 0 aliphatic carbocycles. The van der Waals surface area contributed by atoms with Gasteiger partial charge in [0.1, 0.15) is 17.3 Å². The van der Waals surface area contributed by atoms with Crippen LogP contribution in [0.15, 0.2) is 54.9 Å². The Morgan fingerprint density at radius 2 is 1.93 bits per heavy atom. The van der Waals surface area contributed by atoms with Gasteiger partial charge in [0, 0.05) is 30.7 Å². The second-order valence-electron chi connectivity index (χ2n) is 6.60. The predicted octanol–water partition coefficient (Wildman–Crippen LogP) is 3.98. The van der Waals surface area contributed by atoms with Crippen LogP contribution in [0.5, 0.6) is 0 Å². The molecular formula is C21H23N5O. The fourth-order valence-corrected chi connectivity index (χ4v) is 2.78. The number of hydrogen-bond acceptors (Lipinski definition) is 5. The third-order valence-electron chi connectivity index (χ3n) is 4.09. The highest BCUT2D eigenvalue weighted by atomic mass is 16.1. The summed E-state index contributed by atoms with van der Waals surface area (Å²) in [4.78, 5) is 25.2. The van der Waals surface area contributed by atoms with Gasteiger partial charge in [0.2, 0.25) is 0 Å². The predicted molar refractivity (Wildman–Crippen MR) is 106 cm³/mol. The van der Waals surface area contributed by atoms with Gasteiger partial charge in [-0.15, -0.1) is 0 Å². The zero-order valence-electron chi connectivity index (χ0n) is 15.7. The van der Waals surface area contributed by atoms with Crippen LogP contribution in [-0.2, 0) is 6.54 Å². The number of benzene rings is 1. The van der Waals surface area contributed by atoms with E-state index in [9.17, 15) is 4.79 Å². The van der Waals surface area contributed by atoms with Crippen LogP contribution in [0.2, 0.25) is 0 Å². The van der Waals surface area contributed by atoms with Crippen LogP contribution >= 0.6 is 0 Å².